The van der Waals surface area contributed by atoms with Crippen LogP contribution in [0.1, 0.15) is 31.2 Å². The van der Waals surface area contributed by atoms with Gasteiger partial charge in [0.05, 0.1) is 22.5 Å². The highest BCUT2D eigenvalue weighted by molar-refractivity contribution is 6.32. The Hall–Kier alpha value is -0.870. The number of ketones is 1. The Morgan fingerprint density at radius 2 is 2.24 bits per heavy atom. The standard InChI is InChI=1S/C12H19ClN2O2/c1-8(17-4)5-6-10(16)7-11-12(13)9(2)14-15(11)3/h8H,5-7H2,1-4H3. The molecule has 4 nitrogen and oxygen atoms in total. The van der Waals surface area contributed by atoms with Gasteiger partial charge in [0.1, 0.15) is 5.78 Å². The van der Waals surface area contributed by atoms with Gasteiger partial charge in [-0.1, -0.05) is 11.6 Å². The maximum absolute atomic E-state index is 11.8. The zero-order valence-electron chi connectivity index (χ0n) is 10.8. The molecule has 0 saturated heterocycles. The fourth-order valence-electron chi connectivity index (χ4n) is 1.63. The normalized spacial score (nSPS) is 12.8. The van der Waals surface area contributed by atoms with Gasteiger partial charge in [-0.05, 0) is 20.3 Å². The zero-order valence-corrected chi connectivity index (χ0v) is 11.5. The summed E-state index contributed by atoms with van der Waals surface area (Å²) in [4.78, 5) is 11.8. The van der Waals surface area contributed by atoms with E-state index in [9.17, 15) is 4.79 Å². The number of carbonyl (C=O) groups is 1. The maximum atomic E-state index is 11.8. The summed E-state index contributed by atoms with van der Waals surface area (Å²) in [5.41, 5.74) is 1.56. The highest BCUT2D eigenvalue weighted by atomic mass is 35.5. The van der Waals surface area contributed by atoms with Crippen LogP contribution in [-0.2, 0) is 23.0 Å². The van der Waals surface area contributed by atoms with E-state index in [1.54, 1.807) is 18.8 Å². The number of carbonyl (C=O) groups excluding carboxylic acids is 1. The second kappa shape index (κ2) is 6.17. The molecule has 1 rings (SSSR count). The lowest BCUT2D eigenvalue weighted by atomic mass is 10.1. The van der Waals surface area contributed by atoms with Gasteiger partial charge in [0.15, 0.2) is 0 Å². The van der Waals surface area contributed by atoms with E-state index in [1.807, 2.05) is 13.8 Å². The van der Waals surface area contributed by atoms with Crippen LogP contribution in [0, 0.1) is 6.92 Å². The van der Waals surface area contributed by atoms with Gasteiger partial charge in [0.2, 0.25) is 0 Å². The number of halogens is 1. The van der Waals surface area contributed by atoms with E-state index in [4.69, 9.17) is 16.3 Å². The van der Waals surface area contributed by atoms with Gasteiger partial charge >= 0.3 is 0 Å². The Labute approximate surface area is 107 Å². The average molecular weight is 259 g/mol. The predicted molar refractivity (Wildman–Crippen MR) is 67.4 cm³/mol. The van der Waals surface area contributed by atoms with Crippen LogP contribution in [-0.4, -0.2) is 28.8 Å². The molecule has 0 aliphatic carbocycles. The van der Waals surface area contributed by atoms with E-state index in [0.717, 1.165) is 17.8 Å². The number of hydrogen-bond donors (Lipinski definition) is 0. The Balaban J connectivity index is 2.56. The van der Waals surface area contributed by atoms with Gasteiger partial charge in [-0.25, -0.2) is 0 Å². The van der Waals surface area contributed by atoms with Crippen molar-refractivity contribution >= 4 is 17.4 Å². The van der Waals surface area contributed by atoms with E-state index in [2.05, 4.69) is 5.10 Å². The largest absolute Gasteiger partial charge is 0.382 e. The third kappa shape index (κ3) is 3.82. The van der Waals surface area contributed by atoms with Crippen molar-refractivity contribution in [1.82, 2.24) is 9.78 Å². The number of methoxy groups -OCH3 is 1. The molecule has 0 aliphatic heterocycles. The minimum Gasteiger partial charge on any atom is -0.382 e. The Kier molecular flexibility index (Phi) is 5.15. The predicted octanol–water partition coefficient (Wildman–Crippen LogP) is 2.31. The molecule has 96 valence electrons. The molecule has 17 heavy (non-hydrogen) atoms. The maximum Gasteiger partial charge on any atom is 0.138 e. The summed E-state index contributed by atoms with van der Waals surface area (Å²) < 4.78 is 6.78. The fraction of sp³-hybridized carbons (Fsp3) is 0.667. The zero-order chi connectivity index (χ0) is 13.0. The van der Waals surface area contributed by atoms with E-state index in [-0.39, 0.29) is 11.9 Å². The monoisotopic (exact) mass is 258 g/mol. The SMILES string of the molecule is COC(C)CCC(=O)Cc1c(Cl)c(C)nn1C. The molecule has 1 atom stereocenters. The van der Waals surface area contributed by atoms with Crippen molar-refractivity contribution in [3.63, 3.8) is 0 Å². The molecule has 0 fully saturated rings. The van der Waals surface area contributed by atoms with Crippen molar-refractivity contribution in [2.75, 3.05) is 7.11 Å². The second-order valence-electron chi connectivity index (χ2n) is 4.27. The van der Waals surface area contributed by atoms with E-state index < -0.39 is 0 Å². The van der Waals surface area contributed by atoms with Gasteiger partial charge < -0.3 is 4.74 Å². The number of aromatic nitrogens is 2. The van der Waals surface area contributed by atoms with Gasteiger partial charge in [-0.2, -0.15) is 5.10 Å². The highest BCUT2D eigenvalue weighted by Gasteiger charge is 2.15. The van der Waals surface area contributed by atoms with Gasteiger partial charge in [0, 0.05) is 27.0 Å². The minimum absolute atomic E-state index is 0.114. The molecule has 0 amide bonds. The molecule has 0 bridgehead atoms. The summed E-state index contributed by atoms with van der Waals surface area (Å²) in [6.45, 7) is 3.79. The minimum atomic E-state index is 0.114. The second-order valence-corrected chi connectivity index (χ2v) is 4.65. The number of nitrogens with zero attached hydrogens (tertiary/aromatic N) is 2. The van der Waals surface area contributed by atoms with Crippen LogP contribution in [0.15, 0.2) is 0 Å². The third-order valence-electron chi connectivity index (χ3n) is 2.86. The smallest absolute Gasteiger partial charge is 0.138 e. The van der Waals surface area contributed by atoms with Crippen LogP contribution >= 0.6 is 11.6 Å². The Bertz CT molecular complexity index is 401. The van der Waals surface area contributed by atoms with Crippen LogP contribution in [0.3, 0.4) is 0 Å². The van der Waals surface area contributed by atoms with Crippen molar-refractivity contribution < 1.29 is 9.53 Å². The first-order valence-electron chi connectivity index (χ1n) is 5.68. The quantitative estimate of drug-likeness (QED) is 0.787. The van der Waals surface area contributed by atoms with Gasteiger partial charge in [0.25, 0.3) is 0 Å². The lowest BCUT2D eigenvalue weighted by molar-refractivity contribution is -0.119. The molecule has 1 aromatic heterocycles. The number of aryl methyl sites for hydroxylation is 2. The summed E-state index contributed by atoms with van der Waals surface area (Å²) in [5, 5.41) is 4.78. The van der Waals surface area contributed by atoms with Crippen molar-refractivity contribution in [2.45, 2.75) is 39.2 Å². The molecular weight excluding hydrogens is 240 g/mol. The van der Waals surface area contributed by atoms with Crippen LogP contribution in [0.25, 0.3) is 0 Å². The first-order valence-corrected chi connectivity index (χ1v) is 6.06. The Morgan fingerprint density at radius 1 is 1.59 bits per heavy atom. The van der Waals surface area contributed by atoms with Crippen molar-refractivity contribution in [2.24, 2.45) is 7.05 Å². The van der Waals surface area contributed by atoms with Gasteiger partial charge in [-0.15, -0.1) is 0 Å². The number of rotatable bonds is 6. The molecule has 0 aromatic carbocycles. The topological polar surface area (TPSA) is 44.1 Å². The van der Waals surface area contributed by atoms with E-state index in [1.165, 1.54) is 0 Å². The molecule has 0 spiro atoms. The highest BCUT2D eigenvalue weighted by Crippen LogP contribution is 2.20. The molecule has 0 N–H and O–H groups in total. The van der Waals surface area contributed by atoms with Crippen molar-refractivity contribution in [1.29, 1.82) is 0 Å². The first kappa shape index (κ1) is 14.2. The van der Waals surface area contributed by atoms with Crippen LogP contribution in [0.4, 0.5) is 0 Å². The lowest BCUT2D eigenvalue weighted by Gasteiger charge is -2.08. The average Bonchev–Trinajstić information content (AvgIpc) is 2.53. The lowest BCUT2D eigenvalue weighted by Crippen LogP contribution is -2.12. The molecule has 1 heterocycles. The van der Waals surface area contributed by atoms with Crippen molar-refractivity contribution in [3.05, 3.63) is 16.4 Å². The summed E-state index contributed by atoms with van der Waals surface area (Å²) in [7, 11) is 3.45. The third-order valence-corrected chi connectivity index (χ3v) is 3.35. The number of ether oxygens (including phenoxy) is 1. The summed E-state index contributed by atoms with van der Waals surface area (Å²) in [6, 6.07) is 0. The molecular formula is C12H19ClN2O2. The van der Waals surface area contributed by atoms with Gasteiger partial charge in [-0.3, -0.25) is 9.48 Å². The van der Waals surface area contributed by atoms with Crippen LogP contribution < -0.4 is 0 Å². The van der Waals surface area contributed by atoms with Crippen LogP contribution in [0.2, 0.25) is 5.02 Å². The summed E-state index contributed by atoms with van der Waals surface area (Å²) >= 11 is 6.09. The molecule has 0 aliphatic rings. The summed E-state index contributed by atoms with van der Waals surface area (Å²) in [6.07, 6.45) is 1.70. The molecule has 1 aromatic rings. The van der Waals surface area contributed by atoms with E-state index >= 15 is 0 Å². The number of hydrogen-bond acceptors (Lipinski definition) is 3. The molecule has 5 heteroatoms. The fourth-order valence-corrected chi connectivity index (χ4v) is 1.86. The Morgan fingerprint density at radius 3 is 2.71 bits per heavy atom. The number of Topliss-reactive ketones (excluding diaryl/α,β-unsaturated/α-hetero) is 1. The first-order chi connectivity index (χ1) is 7.95. The molecule has 1 unspecified atom stereocenters. The summed E-state index contributed by atoms with van der Waals surface area (Å²) in [5.74, 6) is 0.166. The molecule has 0 saturated carbocycles. The van der Waals surface area contributed by atoms with E-state index in [0.29, 0.717) is 17.9 Å². The van der Waals surface area contributed by atoms with Crippen LogP contribution in [0.5, 0.6) is 0 Å². The van der Waals surface area contributed by atoms with Crippen molar-refractivity contribution in [3.8, 4) is 0 Å². The molecule has 0 radical (unpaired) electrons.